The van der Waals surface area contributed by atoms with Gasteiger partial charge in [0.2, 0.25) is 0 Å². The zero-order valence-corrected chi connectivity index (χ0v) is 12.2. The molecule has 7 heteroatoms. The zero-order valence-electron chi connectivity index (χ0n) is 9.87. The molecule has 0 spiro atoms. The van der Waals surface area contributed by atoms with Gasteiger partial charge in [0, 0.05) is 0 Å². The van der Waals surface area contributed by atoms with Gasteiger partial charge in [-0.25, -0.2) is 4.79 Å². The van der Waals surface area contributed by atoms with Gasteiger partial charge < -0.3 is 10.4 Å². The zero-order chi connectivity index (χ0) is 13.9. The van der Waals surface area contributed by atoms with E-state index in [0.29, 0.717) is 20.7 Å². The van der Waals surface area contributed by atoms with Crippen molar-refractivity contribution in [3.63, 3.8) is 0 Å². The quantitative estimate of drug-likeness (QED) is 0.877. The minimum Gasteiger partial charge on any atom is -0.480 e. The third-order valence-electron chi connectivity index (χ3n) is 2.63. The lowest BCUT2D eigenvalue weighted by Crippen LogP contribution is -2.44. The number of aliphatic carboxylic acids is 1. The molecule has 1 aromatic heterocycles. The molecule has 0 saturated heterocycles. The molecule has 1 rings (SSSR count). The molecular weight excluding hydrogens is 297 g/mol. The van der Waals surface area contributed by atoms with Crippen molar-refractivity contribution in [1.82, 2.24) is 5.32 Å². The molecule has 4 nitrogen and oxygen atoms in total. The largest absolute Gasteiger partial charge is 0.480 e. The normalized spacial score (nSPS) is 14.0. The molecule has 100 valence electrons. The van der Waals surface area contributed by atoms with E-state index in [9.17, 15) is 9.59 Å². The van der Waals surface area contributed by atoms with Gasteiger partial charge in [-0.05, 0) is 12.0 Å². The maximum atomic E-state index is 11.9. The van der Waals surface area contributed by atoms with Gasteiger partial charge in [-0.1, -0.05) is 43.5 Å². The number of carbonyl (C=O) groups is 2. The summed E-state index contributed by atoms with van der Waals surface area (Å²) in [4.78, 5) is 23.2. The number of carbonyl (C=O) groups excluding carboxylic acids is 1. The third-order valence-corrected chi connectivity index (χ3v) is 4.50. The Morgan fingerprint density at radius 2 is 2.11 bits per heavy atom. The van der Waals surface area contributed by atoms with Crippen LogP contribution in [0.4, 0.5) is 0 Å². The van der Waals surface area contributed by atoms with E-state index in [1.165, 1.54) is 6.07 Å². The summed E-state index contributed by atoms with van der Waals surface area (Å²) < 4.78 is 0.317. The van der Waals surface area contributed by atoms with E-state index in [1.807, 2.05) is 6.92 Å². The summed E-state index contributed by atoms with van der Waals surface area (Å²) in [6.07, 6.45) is 0.656. The molecule has 18 heavy (non-hydrogen) atoms. The lowest BCUT2D eigenvalue weighted by molar-refractivity contribution is -0.140. The smallest absolute Gasteiger partial charge is 0.326 e. The second kappa shape index (κ2) is 6.41. The molecule has 0 aliphatic carbocycles. The Kier molecular flexibility index (Phi) is 5.44. The lowest BCUT2D eigenvalue weighted by atomic mass is 9.99. The average Bonchev–Trinajstić information content (AvgIpc) is 2.65. The molecule has 2 atom stereocenters. The van der Waals surface area contributed by atoms with Crippen LogP contribution < -0.4 is 5.32 Å². The second-order valence-corrected chi connectivity index (χ2v) is 5.97. The minimum atomic E-state index is -1.05. The molecule has 1 amide bonds. The topological polar surface area (TPSA) is 66.4 Å². The molecule has 2 N–H and O–H groups in total. The number of halogens is 2. The van der Waals surface area contributed by atoms with Crippen molar-refractivity contribution in [2.75, 3.05) is 0 Å². The Hall–Kier alpha value is -0.780. The summed E-state index contributed by atoms with van der Waals surface area (Å²) >= 11 is 12.5. The highest BCUT2D eigenvalue weighted by Crippen LogP contribution is 2.31. The molecule has 1 aromatic rings. The van der Waals surface area contributed by atoms with Gasteiger partial charge in [0.15, 0.2) is 0 Å². The highest BCUT2D eigenvalue weighted by molar-refractivity contribution is 7.18. The van der Waals surface area contributed by atoms with Gasteiger partial charge in [0.1, 0.15) is 10.4 Å². The number of amides is 1. The standard InChI is InChI=1S/C11H13Cl2NO3S/c1-3-5(2)8(11(16)17)14-10(15)7-4-6(12)9(13)18-7/h4-5,8H,3H2,1-2H3,(H,14,15)(H,16,17)/t5-,8-/m0/s1. The van der Waals surface area contributed by atoms with Crippen molar-refractivity contribution in [3.8, 4) is 0 Å². The molecule has 0 unspecified atom stereocenters. The van der Waals surface area contributed by atoms with Crippen LogP contribution in [0.1, 0.15) is 29.9 Å². The summed E-state index contributed by atoms with van der Waals surface area (Å²) in [6.45, 7) is 3.64. The molecule has 0 radical (unpaired) electrons. The van der Waals surface area contributed by atoms with Gasteiger partial charge in [0.05, 0.1) is 9.90 Å². The Morgan fingerprint density at radius 1 is 1.50 bits per heavy atom. The van der Waals surface area contributed by atoms with Gasteiger partial charge in [0.25, 0.3) is 5.91 Å². The highest BCUT2D eigenvalue weighted by Gasteiger charge is 2.26. The van der Waals surface area contributed by atoms with Gasteiger partial charge in [-0.3, -0.25) is 4.79 Å². The predicted molar refractivity (Wildman–Crippen MR) is 72.7 cm³/mol. The number of carboxylic acids is 1. The van der Waals surface area contributed by atoms with Crippen LogP contribution in [-0.2, 0) is 4.79 Å². The monoisotopic (exact) mass is 309 g/mol. The molecule has 0 aliphatic heterocycles. The first-order valence-corrected chi connectivity index (χ1v) is 6.92. The predicted octanol–water partition coefficient (Wildman–Crippen LogP) is 3.28. The van der Waals surface area contributed by atoms with Gasteiger partial charge in [-0.15, -0.1) is 11.3 Å². The van der Waals surface area contributed by atoms with Crippen molar-refractivity contribution < 1.29 is 14.7 Å². The van der Waals surface area contributed by atoms with Crippen LogP contribution in [0.5, 0.6) is 0 Å². The number of hydrogen-bond donors (Lipinski definition) is 2. The van der Waals surface area contributed by atoms with Crippen LogP contribution in [0.15, 0.2) is 6.07 Å². The van der Waals surface area contributed by atoms with Crippen LogP contribution in [-0.4, -0.2) is 23.0 Å². The van der Waals surface area contributed by atoms with Crippen LogP contribution in [0.3, 0.4) is 0 Å². The summed E-state index contributed by atoms with van der Waals surface area (Å²) in [7, 11) is 0. The SMILES string of the molecule is CC[C@H](C)[C@H](NC(=O)c1cc(Cl)c(Cl)s1)C(=O)O. The minimum absolute atomic E-state index is 0.155. The van der Waals surface area contributed by atoms with Crippen LogP contribution in [0.2, 0.25) is 9.36 Å². The summed E-state index contributed by atoms with van der Waals surface area (Å²) in [5, 5.41) is 11.8. The van der Waals surface area contributed by atoms with Crippen molar-refractivity contribution >= 4 is 46.4 Å². The summed E-state index contributed by atoms with van der Waals surface area (Å²) in [5.74, 6) is -1.68. The molecule has 1 heterocycles. The molecular formula is C11H13Cl2NO3S. The molecule has 0 aliphatic rings. The Balaban J connectivity index is 2.81. The fourth-order valence-electron chi connectivity index (χ4n) is 1.35. The first-order valence-electron chi connectivity index (χ1n) is 5.35. The Bertz CT molecular complexity index is 442. The highest BCUT2D eigenvalue weighted by atomic mass is 35.5. The van der Waals surface area contributed by atoms with Gasteiger partial charge >= 0.3 is 5.97 Å². The first kappa shape index (κ1) is 15.3. The Labute approximate surface area is 119 Å². The molecule has 0 aromatic carbocycles. The average molecular weight is 310 g/mol. The fraction of sp³-hybridized carbons (Fsp3) is 0.455. The van der Waals surface area contributed by atoms with Crippen LogP contribution in [0, 0.1) is 5.92 Å². The Morgan fingerprint density at radius 3 is 2.50 bits per heavy atom. The lowest BCUT2D eigenvalue weighted by Gasteiger charge is -2.19. The van der Waals surface area contributed by atoms with Crippen molar-refractivity contribution in [1.29, 1.82) is 0 Å². The maximum Gasteiger partial charge on any atom is 0.326 e. The van der Waals surface area contributed by atoms with Crippen molar-refractivity contribution in [2.45, 2.75) is 26.3 Å². The van der Waals surface area contributed by atoms with E-state index in [-0.39, 0.29) is 5.92 Å². The van der Waals surface area contributed by atoms with Crippen LogP contribution in [0.25, 0.3) is 0 Å². The number of rotatable bonds is 5. The van der Waals surface area contributed by atoms with E-state index >= 15 is 0 Å². The van der Waals surface area contributed by atoms with E-state index in [1.54, 1.807) is 6.92 Å². The third kappa shape index (κ3) is 3.60. The number of thiophene rings is 1. The number of hydrogen-bond acceptors (Lipinski definition) is 3. The fourth-order valence-corrected chi connectivity index (χ4v) is 2.63. The maximum absolute atomic E-state index is 11.9. The number of carboxylic acid groups (broad SMARTS) is 1. The molecule has 0 bridgehead atoms. The van der Waals surface area contributed by atoms with Crippen LogP contribution >= 0.6 is 34.5 Å². The van der Waals surface area contributed by atoms with E-state index in [4.69, 9.17) is 28.3 Å². The first-order chi connectivity index (χ1) is 8.36. The number of nitrogens with one attached hydrogen (secondary N) is 1. The molecule has 0 saturated carbocycles. The second-order valence-electron chi connectivity index (χ2n) is 3.91. The van der Waals surface area contributed by atoms with Crippen molar-refractivity contribution in [2.24, 2.45) is 5.92 Å². The summed E-state index contributed by atoms with van der Waals surface area (Å²) in [6, 6.07) is 0.515. The van der Waals surface area contributed by atoms with E-state index in [0.717, 1.165) is 11.3 Å². The van der Waals surface area contributed by atoms with E-state index in [2.05, 4.69) is 5.32 Å². The molecule has 0 fully saturated rings. The summed E-state index contributed by atoms with van der Waals surface area (Å²) in [5.41, 5.74) is 0. The van der Waals surface area contributed by atoms with E-state index < -0.39 is 17.9 Å². The van der Waals surface area contributed by atoms with Crippen molar-refractivity contribution in [3.05, 3.63) is 20.3 Å². The van der Waals surface area contributed by atoms with Gasteiger partial charge in [-0.2, -0.15) is 0 Å².